The van der Waals surface area contributed by atoms with Gasteiger partial charge >= 0.3 is 5.69 Å². The van der Waals surface area contributed by atoms with Crippen molar-refractivity contribution in [2.75, 3.05) is 20.2 Å². The van der Waals surface area contributed by atoms with E-state index in [-0.39, 0.29) is 12.1 Å². The Hall–Kier alpha value is -2.19. The number of hydrogen-bond acceptors (Lipinski definition) is 5. The van der Waals surface area contributed by atoms with Crippen LogP contribution in [0.4, 0.5) is 0 Å². The van der Waals surface area contributed by atoms with Gasteiger partial charge in [-0.2, -0.15) is 0 Å². The van der Waals surface area contributed by atoms with Crippen molar-refractivity contribution in [3.8, 4) is 0 Å². The molecule has 1 unspecified atom stereocenters. The van der Waals surface area contributed by atoms with Crippen molar-refractivity contribution in [2.45, 2.75) is 13.0 Å². The van der Waals surface area contributed by atoms with Crippen molar-refractivity contribution >= 4 is 12.0 Å². The Bertz CT molecular complexity index is 616. The molecule has 0 saturated carbocycles. The molecule has 0 radical (unpaired) electrons. The summed E-state index contributed by atoms with van der Waals surface area (Å²) in [6.45, 7) is 1.07. The van der Waals surface area contributed by atoms with Crippen molar-refractivity contribution in [3.63, 3.8) is 0 Å². The smallest absolute Gasteiger partial charge is 0.325 e. The van der Waals surface area contributed by atoms with Crippen LogP contribution in [0.3, 0.4) is 0 Å². The van der Waals surface area contributed by atoms with Crippen LogP contribution in [-0.2, 0) is 4.79 Å². The Morgan fingerprint density at radius 1 is 1.40 bits per heavy atom. The number of rotatable bonds is 5. The summed E-state index contributed by atoms with van der Waals surface area (Å²) >= 11 is 0. The molecule has 1 heterocycles. The van der Waals surface area contributed by atoms with Crippen LogP contribution in [0.5, 0.6) is 0 Å². The molecule has 1 amide bonds. The van der Waals surface area contributed by atoms with Gasteiger partial charge in [0.05, 0.1) is 18.3 Å². The maximum Gasteiger partial charge on any atom is 0.325 e. The summed E-state index contributed by atoms with van der Waals surface area (Å²) in [4.78, 5) is 39.9. The summed E-state index contributed by atoms with van der Waals surface area (Å²) in [6.07, 6.45) is 1.42. The minimum Gasteiger partial charge on any atom is -0.394 e. The fourth-order valence-electron chi connectivity index (χ4n) is 1.56. The van der Waals surface area contributed by atoms with E-state index in [1.165, 1.54) is 18.0 Å². The van der Waals surface area contributed by atoms with Gasteiger partial charge in [0.15, 0.2) is 0 Å². The predicted molar refractivity (Wildman–Crippen MR) is 72.2 cm³/mol. The molecule has 110 valence electrons. The van der Waals surface area contributed by atoms with Crippen molar-refractivity contribution in [1.29, 1.82) is 0 Å². The molecule has 4 N–H and O–H groups in total. The normalized spacial score (nSPS) is 12.6. The van der Waals surface area contributed by atoms with E-state index in [9.17, 15) is 19.5 Å². The summed E-state index contributed by atoms with van der Waals surface area (Å²) in [7, 11) is 1.45. The number of nitrogens with zero attached hydrogens (tertiary/aromatic N) is 1. The number of hydrogen-bond donors (Lipinski definition) is 4. The van der Waals surface area contributed by atoms with Crippen molar-refractivity contribution in [2.24, 2.45) is 0 Å². The highest BCUT2D eigenvalue weighted by Crippen LogP contribution is 1.99. The maximum absolute atomic E-state index is 11.7. The van der Waals surface area contributed by atoms with Crippen LogP contribution in [-0.4, -0.2) is 57.3 Å². The Morgan fingerprint density at radius 3 is 2.60 bits per heavy atom. The van der Waals surface area contributed by atoms with Gasteiger partial charge in [-0.25, -0.2) is 4.79 Å². The lowest BCUT2D eigenvalue weighted by molar-refractivity contribution is -0.126. The zero-order valence-electron chi connectivity index (χ0n) is 11.2. The largest absolute Gasteiger partial charge is 0.394 e. The Balaban J connectivity index is 2.86. The van der Waals surface area contributed by atoms with Gasteiger partial charge in [-0.15, -0.1) is 0 Å². The van der Waals surface area contributed by atoms with Gasteiger partial charge in [0.2, 0.25) is 5.91 Å². The van der Waals surface area contributed by atoms with Gasteiger partial charge < -0.3 is 20.1 Å². The first-order valence-electron chi connectivity index (χ1n) is 5.90. The van der Waals surface area contributed by atoms with Crippen LogP contribution < -0.4 is 11.2 Å². The van der Waals surface area contributed by atoms with Gasteiger partial charge in [0.1, 0.15) is 0 Å². The number of aryl methyl sites for hydroxylation is 1. The number of amides is 1. The van der Waals surface area contributed by atoms with Gasteiger partial charge in [-0.05, 0) is 13.0 Å². The monoisotopic (exact) mass is 283 g/mol. The van der Waals surface area contributed by atoms with E-state index in [1.807, 2.05) is 0 Å². The Labute approximate surface area is 114 Å². The molecule has 1 rings (SSSR count). The third kappa shape index (κ3) is 4.18. The molecule has 8 nitrogen and oxygen atoms in total. The molecule has 1 atom stereocenters. The highest BCUT2D eigenvalue weighted by atomic mass is 16.3. The molecular weight excluding hydrogens is 266 g/mol. The number of aromatic nitrogens is 2. The number of nitrogens with one attached hydrogen (secondary N) is 2. The lowest BCUT2D eigenvalue weighted by Crippen LogP contribution is -2.35. The predicted octanol–water partition coefficient (Wildman–Crippen LogP) is -1.80. The van der Waals surface area contributed by atoms with E-state index in [1.54, 1.807) is 6.92 Å². The number of carbonyl (C=O) groups is 1. The number of aliphatic hydroxyl groups is 2. The average Bonchev–Trinajstić information content (AvgIpc) is 2.36. The lowest BCUT2D eigenvalue weighted by Gasteiger charge is -2.17. The van der Waals surface area contributed by atoms with E-state index >= 15 is 0 Å². The second-order valence-corrected chi connectivity index (χ2v) is 4.34. The van der Waals surface area contributed by atoms with Crippen LogP contribution >= 0.6 is 0 Å². The third-order valence-corrected chi connectivity index (χ3v) is 2.64. The fourth-order valence-corrected chi connectivity index (χ4v) is 1.56. The molecule has 20 heavy (non-hydrogen) atoms. The zero-order valence-corrected chi connectivity index (χ0v) is 11.2. The van der Waals surface area contributed by atoms with Crippen LogP contribution in [0.15, 0.2) is 15.7 Å². The number of likely N-dealkylation sites (N-methyl/N-ethyl adjacent to an activating group) is 1. The zero-order chi connectivity index (χ0) is 15.3. The van der Waals surface area contributed by atoms with Crippen LogP contribution in [0.2, 0.25) is 0 Å². The molecule has 0 aliphatic carbocycles. The fraction of sp³-hybridized carbons (Fsp3) is 0.417. The van der Waals surface area contributed by atoms with Crippen molar-refractivity contribution in [1.82, 2.24) is 14.9 Å². The second-order valence-electron chi connectivity index (χ2n) is 4.34. The molecule has 1 aromatic rings. The highest BCUT2D eigenvalue weighted by molar-refractivity contribution is 5.91. The van der Waals surface area contributed by atoms with E-state index in [0.29, 0.717) is 5.69 Å². The molecule has 0 aliphatic rings. The minimum absolute atomic E-state index is 0.0271. The van der Waals surface area contributed by atoms with Crippen LogP contribution in [0.25, 0.3) is 6.08 Å². The van der Waals surface area contributed by atoms with Crippen molar-refractivity contribution in [3.05, 3.63) is 38.2 Å². The molecule has 0 saturated heterocycles. The van der Waals surface area contributed by atoms with E-state index in [4.69, 9.17) is 5.11 Å². The average molecular weight is 283 g/mol. The van der Waals surface area contributed by atoms with Gasteiger partial charge in [-0.3, -0.25) is 14.6 Å². The molecule has 1 aromatic heterocycles. The quantitative estimate of drug-likeness (QED) is 0.474. The van der Waals surface area contributed by atoms with Crippen LogP contribution in [0, 0.1) is 6.92 Å². The van der Waals surface area contributed by atoms with Gasteiger partial charge in [-0.1, -0.05) is 0 Å². The van der Waals surface area contributed by atoms with E-state index in [0.717, 1.165) is 6.08 Å². The van der Waals surface area contributed by atoms with Crippen molar-refractivity contribution < 1.29 is 15.0 Å². The molecule has 0 bridgehead atoms. The van der Waals surface area contributed by atoms with Gasteiger partial charge in [0, 0.05) is 25.4 Å². The Kier molecular flexibility index (Phi) is 5.42. The first-order valence-corrected chi connectivity index (χ1v) is 5.90. The molecule has 0 fully saturated rings. The summed E-state index contributed by atoms with van der Waals surface area (Å²) in [5.74, 6) is -0.442. The molecule has 0 spiro atoms. The van der Waals surface area contributed by atoms with Crippen LogP contribution in [0.1, 0.15) is 11.3 Å². The highest BCUT2D eigenvalue weighted by Gasteiger charge is 2.11. The minimum atomic E-state index is -1.02. The number of aliphatic hydroxyl groups excluding tert-OH is 2. The van der Waals surface area contributed by atoms with E-state index in [2.05, 4.69) is 9.97 Å². The van der Waals surface area contributed by atoms with E-state index < -0.39 is 29.9 Å². The first kappa shape index (κ1) is 15.9. The topological polar surface area (TPSA) is 126 Å². The number of aromatic amines is 2. The molecule has 8 heteroatoms. The summed E-state index contributed by atoms with van der Waals surface area (Å²) in [5.41, 5.74) is -0.678. The Morgan fingerprint density at radius 2 is 2.05 bits per heavy atom. The third-order valence-electron chi connectivity index (χ3n) is 2.64. The number of carbonyl (C=O) groups excluding carboxylic acids is 1. The molecular formula is C12H17N3O5. The summed E-state index contributed by atoms with van der Waals surface area (Å²) in [6, 6.07) is 0. The standard InChI is InChI=1S/C12H17N3O5/c1-7-9(11(19)14-12(20)13-7)3-4-10(18)15(2)5-8(17)6-16/h3-4,8,16-17H,5-6H2,1-2H3,(H2,13,14,19,20). The summed E-state index contributed by atoms with van der Waals surface area (Å²) in [5, 5.41) is 17.9. The van der Waals surface area contributed by atoms with Gasteiger partial charge in [0.25, 0.3) is 5.56 Å². The first-order chi connectivity index (χ1) is 9.35. The second kappa shape index (κ2) is 6.83. The molecule has 0 aliphatic heterocycles. The molecule has 0 aromatic carbocycles. The maximum atomic E-state index is 11.7. The summed E-state index contributed by atoms with van der Waals surface area (Å²) < 4.78 is 0. The lowest BCUT2D eigenvalue weighted by atomic mass is 10.2. The SMILES string of the molecule is Cc1[nH]c(=O)[nH]c(=O)c1C=CC(=O)N(C)CC(O)CO. The number of H-pyrrole nitrogens is 2.